The minimum absolute atomic E-state index is 0.162. The van der Waals surface area contributed by atoms with E-state index in [1.54, 1.807) is 24.3 Å². The summed E-state index contributed by atoms with van der Waals surface area (Å²) in [5.41, 5.74) is -0.341. The van der Waals surface area contributed by atoms with E-state index in [1.807, 2.05) is 0 Å². The molecule has 0 saturated carbocycles. The number of benzene rings is 1. The van der Waals surface area contributed by atoms with Crippen molar-refractivity contribution in [2.45, 2.75) is 0 Å². The van der Waals surface area contributed by atoms with Crippen molar-refractivity contribution in [2.24, 2.45) is 0 Å². The van der Waals surface area contributed by atoms with Gasteiger partial charge >= 0.3 is 11.3 Å². The number of nitrogens with one attached hydrogen (secondary N) is 1. The van der Waals surface area contributed by atoms with Gasteiger partial charge in [0.25, 0.3) is 0 Å². The first-order valence-electron chi connectivity index (χ1n) is 5.57. The number of H-pyrrole nitrogens is 1. The molecule has 0 fully saturated rings. The molecule has 0 amide bonds. The molecule has 1 N–H and O–H groups in total. The van der Waals surface area contributed by atoms with Crippen molar-refractivity contribution in [3.8, 4) is 0 Å². The van der Waals surface area contributed by atoms with Gasteiger partial charge in [-0.3, -0.25) is 5.10 Å². The number of hydrogen-bond donors (Lipinski definition) is 1. The van der Waals surface area contributed by atoms with Gasteiger partial charge in [0.1, 0.15) is 11.0 Å². The maximum Gasteiger partial charge on any atom is 0.362 e. The van der Waals surface area contributed by atoms with Gasteiger partial charge in [0.15, 0.2) is 11.1 Å². The topological polar surface area (TPSA) is 89.1 Å². The van der Waals surface area contributed by atoms with E-state index in [0.717, 1.165) is 0 Å². The number of aromatic nitrogens is 2. The summed E-state index contributed by atoms with van der Waals surface area (Å²) in [6, 6.07) is 6.90. The van der Waals surface area contributed by atoms with E-state index in [2.05, 4.69) is 10.2 Å². The largest absolute Gasteiger partial charge is 0.422 e. The van der Waals surface area contributed by atoms with Gasteiger partial charge in [-0.2, -0.15) is 5.10 Å². The molecule has 19 heavy (non-hydrogen) atoms. The highest BCUT2D eigenvalue weighted by Gasteiger charge is 2.16. The lowest BCUT2D eigenvalue weighted by molar-refractivity contribution is 0.547. The second-order valence-corrected chi connectivity index (χ2v) is 4.14. The van der Waals surface area contributed by atoms with E-state index in [0.29, 0.717) is 16.4 Å². The molecule has 4 aromatic rings. The third-order valence-corrected chi connectivity index (χ3v) is 3.07. The Morgan fingerprint density at radius 3 is 2.74 bits per heavy atom. The summed E-state index contributed by atoms with van der Waals surface area (Å²) < 4.78 is 10.5. The van der Waals surface area contributed by atoms with Crippen LogP contribution in [0, 0.1) is 0 Å². The molecule has 6 nitrogen and oxygen atoms in total. The highest BCUT2D eigenvalue weighted by molar-refractivity contribution is 6.10. The summed E-state index contributed by atoms with van der Waals surface area (Å²) in [5.74, 6) is 0. The van der Waals surface area contributed by atoms with E-state index in [4.69, 9.17) is 8.83 Å². The lowest BCUT2D eigenvalue weighted by atomic mass is 10.1. The van der Waals surface area contributed by atoms with E-state index in [1.165, 1.54) is 6.20 Å². The van der Waals surface area contributed by atoms with Crippen LogP contribution < -0.4 is 11.3 Å². The van der Waals surface area contributed by atoms with Crippen LogP contribution in [0.15, 0.2) is 48.9 Å². The Bertz CT molecular complexity index is 1050. The fourth-order valence-corrected chi connectivity index (χ4v) is 2.23. The van der Waals surface area contributed by atoms with Gasteiger partial charge in [-0.25, -0.2) is 9.59 Å². The average Bonchev–Trinajstić information content (AvgIpc) is 2.88. The Morgan fingerprint density at radius 2 is 1.84 bits per heavy atom. The molecule has 92 valence electrons. The summed E-state index contributed by atoms with van der Waals surface area (Å²) in [7, 11) is 0. The van der Waals surface area contributed by atoms with Gasteiger partial charge in [-0.05, 0) is 12.1 Å². The quantitative estimate of drug-likeness (QED) is 0.381. The van der Waals surface area contributed by atoms with Gasteiger partial charge in [0.05, 0.1) is 11.6 Å². The number of nitrogens with zero attached hydrogens (tertiary/aromatic N) is 1. The van der Waals surface area contributed by atoms with Gasteiger partial charge in [-0.1, -0.05) is 12.1 Å². The zero-order valence-corrected chi connectivity index (χ0v) is 9.47. The van der Waals surface area contributed by atoms with Gasteiger partial charge < -0.3 is 8.83 Å². The van der Waals surface area contributed by atoms with Crippen molar-refractivity contribution in [2.75, 3.05) is 0 Å². The fourth-order valence-electron chi connectivity index (χ4n) is 2.23. The number of aromatic amines is 1. The second-order valence-electron chi connectivity index (χ2n) is 4.14. The number of hydrogen-bond acceptors (Lipinski definition) is 5. The van der Waals surface area contributed by atoms with Crippen molar-refractivity contribution in [1.29, 1.82) is 0 Å². The average molecular weight is 254 g/mol. The lowest BCUT2D eigenvalue weighted by Gasteiger charge is -2.00. The van der Waals surface area contributed by atoms with Crippen LogP contribution >= 0.6 is 0 Å². The van der Waals surface area contributed by atoms with Crippen LogP contribution in [0.2, 0.25) is 0 Å². The molecule has 0 saturated heterocycles. The van der Waals surface area contributed by atoms with Crippen molar-refractivity contribution in [1.82, 2.24) is 10.2 Å². The van der Waals surface area contributed by atoms with Crippen molar-refractivity contribution >= 4 is 32.8 Å². The molecule has 0 bridgehead atoms. The maximum absolute atomic E-state index is 12.0. The predicted octanol–water partition coefficient (Wildman–Crippen LogP) is 1.78. The molecular weight excluding hydrogens is 248 g/mol. The number of para-hydroxylation sites is 1. The summed E-state index contributed by atoms with van der Waals surface area (Å²) in [5, 5.41) is 7.50. The van der Waals surface area contributed by atoms with Gasteiger partial charge in [0, 0.05) is 5.39 Å². The van der Waals surface area contributed by atoms with Crippen LogP contribution in [0.5, 0.6) is 0 Å². The first-order chi connectivity index (χ1) is 9.25. The van der Waals surface area contributed by atoms with Crippen molar-refractivity contribution in [3.63, 3.8) is 0 Å². The molecule has 0 aliphatic rings. The van der Waals surface area contributed by atoms with Crippen LogP contribution in [0.4, 0.5) is 0 Å². The van der Waals surface area contributed by atoms with E-state index >= 15 is 0 Å². The van der Waals surface area contributed by atoms with Crippen molar-refractivity contribution < 1.29 is 8.83 Å². The summed E-state index contributed by atoms with van der Waals surface area (Å²) in [6.07, 6.45) is 1.42. The normalized spacial score (nSPS) is 11.6. The first-order valence-corrected chi connectivity index (χ1v) is 5.57. The third kappa shape index (κ3) is 1.22. The van der Waals surface area contributed by atoms with E-state index in [9.17, 15) is 9.59 Å². The molecule has 0 atom stereocenters. The lowest BCUT2D eigenvalue weighted by Crippen LogP contribution is -2.06. The van der Waals surface area contributed by atoms with E-state index in [-0.39, 0.29) is 16.5 Å². The van der Waals surface area contributed by atoms with Crippen molar-refractivity contribution in [3.05, 3.63) is 51.3 Å². The molecule has 0 aliphatic heterocycles. The molecule has 3 heterocycles. The number of rotatable bonds is 0. The minimum Gasteiger partial charge on any atom is -0.422 e. The molecular formula is C13H6N2O4. The molecule has 6 heteroatoms. The van der Waals surface area contributed by atoms with Crippen LogP contribution in [-0.2, 0) is 0 Å². The zero-order chi connectivity index (χ0) is 13.0. The Morgan fingerprint density at radius 1 is 1.00 bits per heavy atom. The second kappa shape index (κ2) is 3.32. The predicted molar refractivity (Wildman–Crippen MR) is 68.2 cm³/mol. The molecule has 0 radical (unpaired) electrons. The molecule has 1 aromatic carbocycles. The highest BCUT2D eigenvalue weighted by atomic mass is 16.4. The Kier molecular flexibility index (Phi) is 1.76. The van der Waals surface area contributed by atoms with Crippen LogP contribution in [-0.4, -0.2) is 10.2 Å². The number of fused-ring (bicyclic) bond motifs is 5. The summed E-state index contributed by atoms with van der Waals surface area (Å²) in [4.78, 5) is 23.9. The molecule has 0 spiro atoms. The third-order valence-electron chi connectivity index (χ3n) is 3.07. The standard InChI is InChI=1S/C13H6N2O4/c16-12-9-7-5-14-15-10(7)13(17)19-11(9)6-3-1-2-4-8(6)18-12/h1-5H,(H,14,15). The Hall–Kier alpha value is -2.89. The minimum atomic E-state index is -0.559. The van der Waals surface area contributed by atoms with Gasteiger partial charge in [0.2, 0.25) is 0 Å². The summed E-state index contributed by atoms with van der Waals surface area (Å²) >= 11 is 0. The Balaban J connectivity index is 2.48. The fraction of sp³-hybridized carbons (Fsp3) is 0. The van der Waals surface area contributed by atoms with Crippen LogP contribution in [0.3, 0.4) is 0 Å². The first kappa shape index (κ1) is 10.1. The van der Waals surface area contributed by atoms with Crippen LogP contribution in [0.25, 0.3) is 32.8 Å². The van der Waals surface area contributed by atoms with Gasteiger partial charge in [-0.15, -0.1) is 0 Å². The monoisotopic (exact) mass is 254 g/mol. The van der Waals surface area contributed by atoms with E-state index < -0.39 is 11.3 Å². The highest BCUT2D eigenvalue weighted by Crippen LogP contribution is 2.25. The molecule has 4 rings (SSSR count). The molecule has 0 unspecified atom stereocenters. The zero-order valence-electron chi connectivity index (χ0n) is 9.47. The molecule has 3 aromatic heterocycles. The smallest absolute Gasteiger partial charge is 0.362 e. The Labute approximate surface area is 104 Å². The summed E-state index contributed by atoms with van der Waals surface area (Å²) in [6.45, 7) is 0. The SMILES string of the molecule is O=c1oc2c3ccccc3oc(=O)c2c2cn[nH]c12. The van der Waals surface area contributed by atoms with Crippen LogP contribution in [0.1, 0.15) is 0 Å². The maximum atomic E-state index is 12.0. The molecule has 0 aliphatic carbocycles.